The fraction of sp³-hybridized carbons (Fsp3) is 0.267. The third-order valence-corrected chi connectivity index (χ3v) is 2.99. The molecule has 0 unspecified atom stereocenters. The smallest absolute Gasteiger partial charge is 0.194 e. The van der Waals surface area contributed by atoms with E-state index in [1.54, 1.807) is 6.07 Å². The zero-order valence-electron chi connectivity index (χ0n) is 10.6. The van der Waals surface area contributed by atoms with Crippen molar-refractivity contribution in [3.63, 3.8) is 0 Å². The predicted octanol–water partition coefficient (Wildman–Crippen LogP) is 2.84. The normalized spacial score (nSPS) is 13.3. The first-order valence-corrected chi connectivity index (χ1v) is 6.20. The molecule has 19 heavy (non-hydrogen) atoms. The second kappa shape index (κ2) is 4.80. The number of rotatable bonds is 3. The van der Waals surface area contributed by atoms with Gasteiger partial charge in [0.1, 0.15) is 19.0 Å². The highest BCUT2D eigenvalue weighted by atomic mass is 16.6. The van der Waals surface area contributed by atoms with Gasteiger partial charge in [-0.25, -0.2) is 0 Å². The minimum Gasteiger partial charge on any atom is -0.486 e. The van der Waals surface area contributed by atoms with Crippen LogP contribution in [0, 0.1) is 0 Å². The fourth-order valence-electron chi connectivity index (χ4n) is 2.06. The van der Waals surface area contributed by atoms with Crippen LogP contribution in [-0.4, -0.2) is 19.0 Å². The van der Waals surface area contributed by atoms with E-state index in [4.69, 9.17) is 13.9 Å². The third kappa shape index (κ3) is 2.47. The highest BCUT2D eigenvalue weighted by Gasteiger charge is 2.13. The molecule has 1 aliphatic heterocycles. The molecule has 0 aliphatic carbocycles. The molecular weight excluding hydrogens is 244 g/mol. The molecule has 1 aromatic carbocycles. The van der Waals surface area contributed by atoms with Crippen LogP contribution >= 0.6 is 0 Å². The number of ether oxygens (including phenoxy) is 2. The van der Waals surface area contributed by atoms with Crippen LogP contribution in [0.25, 0.3) is 0 Å². The maximum absolute atomic E-state index is 11.2. The molecule has 0 bridgehead atoms. The minimum atomic E-state index is -0.0616. The number of furan rings is 1. The van der Waals surface area contributed by atoms with Crippen LogP contribution in [0.5, 0.6) is 11.5 Å². The van der Waals surface area contributed by atoms with E-state index < -0.39 is 0 Å². The van der Waals surface area contributed by atoms with Crippen molar-refractivity contribution in [2.75, 3.05) is 13.2 Å². The Morgan fingerprint density at radius 2 is 1.89 bits per heavy atom. The first kappa shape index (κ1) is 11.8. The molecule has 1 aliphatic rings. The molecule has 0 amide bonds. The van der Waals surface area contributed by atoms with E-state index in [0.29, 0.717) is 25.4 Å². The van der Waals surface area contributed by atoms with Crippen LogP contribution in [0.1, 0.15) is 28.8 Å². The van der Waals surface area contributed by atoms with Crippen molar-refractivity contribution in [2.45, 2.75) is 13.3 Å². The van der Waals surface area contributed by atoms with Gasteiger partial charge in [-0.05, 0) is 29.8 Å². The van der Waals surface area contributed by atoms with Crippen molar-refractivity contribution in [2.24, 2.45) is 0 Å². The quantitative estimate of drug-likeness (QED) is 0.794. The zero-order valence-corrected chi connectivity index (χ0v) is 10.6. The molecule has 0 saturated heterocycles. The number of hydrogen-bond donors (Lipinski definition) is 0. The number of hydrogen-bond acceptors (Lipinski definition) is 4. The lowest BCUT2D eigenvalue weighted by Gasteiger charge is -2.18. The summed E-state index contributed by atoms with van der Waals surface area (Å²) in [6.45, 7) is 2.66. The number of Topliss-reactive ketones (excluding diaryl/α,β-unsaturated/α-hetero) is 1. The Morgan fingerprint density at radius 1 is 1.11 bits per heavy atom. The van der Waals surface area contributed by atoms with Crippen molar-refractivity contribution < 1.29 is 18.7 Å². The molecule has 0 spiro atoms. The Labute approximate surface area is 110 Å². The second-order valence-electron chi connectivity index (χ2n) is 4.48. The fourth-order valence-corrected chi connectivity index (χ4v) is 2.06. The molecule has 2 heterocycles. The Bertz CT molecular complexity index is 612. The zero-order chi connectivity index (χ0) is 13.2. The summed E-state index contributed by atoms with van der Waals surface area (Å²) in [6, 6.07) is 9.36. The van der Waals surface area contributed by atoms with E-state index in [9.17, 15) is 4.79 Å². The lowest BCUT2D eigenvalue weighted by Crippen LogP contribution is -2.15. The van der Waals surface area contributed by atoms with Crippen LogP contribution in [0.15, 0.2) is 34.7 Å². The minimum absolute atomic E-state index is 0.0616. The Balaban J connectivity index is 1.80. The first-order valence-electron chi connectivity index (χ1n) is 6.20. The van der Waals surface area contributed by atoms with E-state index >= 15 is 0 Å². The van der Waals surface area contributed by atoms with Crippen molar-refractivity contribution in [1.82, 2.24) is 0 Å². The molecule has 0 N–H and O–H groups in total. The second-order valence-corrected chi connectivity index (χ2v) is 4.48. The molecule has 4 nitrogen and oxygen atoms in total. The summed E-state index contributed by atoms with van der Waals surface area (Å²) in [6.07, 6.45) is 0.629. The lowest BCUT2D eigenvalue weighted by atomic mass is 10.1. The monoisotopic (exact) mass is 258 g/mol. The van der Waals surface area contributed by atoms with E-state index in [-0.39, 0.29) is 5.78 Å². The summed E-state index contributed by atoms with van der Waals surface area (Å²) >= 11 is 0. The van der Waals surface area contributed by atoms with Crippen molar-refractivity contribution in [3.8, 4) is 11.5 Å². The number of benzene rings is 1. The average molecular weight is 258 g/mol. The number of carbonyl (C=O) groups is 1. The molecule has 0 fully saturated rings. The maximum atomic E-state index is 11.2. The van der Waals surface area contributed by atoms with E-state index in [1.807, 2.05) is 24.3 Å². The molecular formula is C15H14O4. The molecule has 4 heteroatoms. The Hall–Kier alpha value is -2.23. The van der Waals surface area contributed by atoms with E-state index in [1.165, 1.54) is 6.92 Å². The summed E-state index contributed by atoms with van der Waals surface area (Å²) in [5, 5.41) is 0. The van der Waals surface area contributed by atoms with Crippen molar-refractivity contribution in [3.05, 3.63) is 47.4 Å². The van der Waals surface area contributed by atoms with E-state index in [2.05, 4.69) is 0 Å². The van der Waals surface area contributed by atoms with Gasteiger partial charge < -0.3 is 13.9 Å². The topological polar surface area (TPSA) is 48.7 Å². The number of fused-ring (bicyclic) bond motifs is 1. The average Bonchev–Trinajstić information content (AvgIpc) is 2.87. The SMILES string of the molecule is CC(=O)c1ccc(Cc2ccc3c(c2)OCCO3)o1. The third-order valence-electron chi connectivity index (χ3n) is 2.99. The van der Waals surface area contributed by atoms with Gasteiger partial charge >= 0.3 is 0 Å². The van der Waals surface area contributed by atoms with Crippen LogP contribution < -0.4 is 9.47 Å². The Kier molecular flexibility index (Phi) is 2.99. The summed E-state index contributed by atoms with van der Waals surface area (Å²) < 4.78 is 16.5. The predicted molar refractivity (Wildman–Crippen MR) is 69.0 cm³/mol. The standard InChI is InChI=1S/C15H14O4/c1-10(16)13-5-3-12(19-13)8-11-2-4-14-15(9-11)18-7-6-17-14/h2-5,9H,6-8H2,1H3. The van der Waals surface area contributed by atoms with E-state index in [0.717, 1.165) is 22.8 Å². The van der Waals surface area contributed by atoms with Gasteiger partial charge in [0.25, 0.3) is 0 Å². The molecule has 0 atom stereocenters. The molecule has 2 aromatic rings. The maximum Gasteiger partial charge on any atom is 0.194 e. The Morgan fingerprint density at radius 3 is 2.63 bits per heavy atom. The van der Waals surface area contributed by atoms with Gasteiger partial charge in [-0.2, -0.15) is 0 Å². The largest absolute Gasteiger partial charge is 0.486 e. The van der Waals surface area contributed by atoms with Gasteiger partial charge in [0, 0.05) is 13.3 Å². The van der Waals surface area contributed by atoms with Crippen molar-refractivity contribution in [1.29, 1.82) is 0 Å². The molecule has 98 valence electrons. The van der Waals surface area contributed by atoms with Crippen LogP contribution in [-0.2, 0) is 6.42 Å². The molecule has 0 radical (unpaired) electrons. The van der Waals surface area contributed by atoms with Gasteiger partial charge in [-0.1, -0.05) is 6.07 Å². The van der Waals surface area contributed by atoms with Gasteiger partial charge in [-0.3, -0.25) is 4.79 Å². The van der Waals surface area contributed by atoms with Gasteiger partial charge in [-0.15, -0.1) is 0 Å². The van der Waals surface area contributed by atoms with Gasteiger partial charge in [0.05, 0.1) is 0 Å². The van der Waals surface area contributed by atoms with Crippen LogP contribution in [0.2, 0.25) is 0 Å². The van der Waals surface area contributed by atoms with Gasteiger partial charge in [0.15, 0.2) is 23.0 Å². The molecule has 3 rings (SSSR count). The summed E-state index contributed by atoms with van der Waals surface area (Å²) in [5.41, 5.74) is 1.06. The number of ketones is 1. The summed E-state index contributed by atoms with van der Waals surface area (Å²) in [4.78, 5) is 11.2. The van der Waals surface area contributed by atoms with Crippen LogP contribution in [0.4, 0.5) is 0 Å². The summed E-state index contributed by atoms with van der Waals surface area (Å²) in [7, 11) is 0. The number of carbonyl (C=O) groups excluding carboxylic acids is 1. The molecule has 1 aromatic heterocycles. The first-order chi connectivity index (χ1) is 9.22. The molecule has 0 saturated carbocycles. The summed E-state index contributed by atoms with van der Waals surface area (Å²) in [5.74, 6) is 2.64. The highest BCUT2D eigenvalue weighted by Crippen LogP contribution is 2.31. The van der Waals surface area contributed by atoms with Crippen LogP contribution in [0.3, 0.4) is 0 Å². The highest BCUT2D eigenvalue weighted by molar-refractivity contribution is 5.91. The van der Waals surface area contributed by atoms with Crippen molar-refractivity contribution >= 4 is 5.78 Å². The van der Waals surface area contributed by atoms with Gasteiger partial charge in [0.2, 0.25) is 0 Å². The lowest BCUT2D eigenvalue weighted by molar-refractivity contribution is 0.0985.